The second-order valence-electron chi connectivity index (χ2n) is 2.55. The summed E-state index contributed by atoms with van der Waals surface area (Å²) in [7, 11) is 0. The van der Waals surface area contributed by atoms with Crippen molar-refractivity contribution in [3.05, 3.63) is 18.3 Å². The van der Waals surface area contributed by atoms with Crippen LogP contribution in [0.25, 0.3) is 0 Å². The van der Waals surface area contributed by atoms with Crippen molar-refractivity contribution in [2.45, 2.75) is 6.36 Å². The SMILES string of the molecule is F[B-](F)(F)c1ccnc(OC(F)(F)F)c1.[K+]. The molecule has 0 aliphatic rings. The molecular weight excluding hydrogens is 266 g/mol. The first-order valence-electron chi connectivity index (χ1n) is 3.60. The van der Waals surface area contributed by atoms with Crippen LogP contribution in [0.4, 0.5) is 26.1 Å². The van der Waals surface area contributed by atoms with Crippen LogP contribution in [0.5, 0.6) is 5.88 Å². The van der Waals surface area contributed by atoms with Gasteiger partial charge in [0.2, 0.25) is 5.88 Å². The van der Waals surface area contributed by atoms with Crippen molar-refractivity contribution in [3.63, 3.8) is 0 Å². The van der Waals surface area contributed by atoms with E-state index in [2.05, 4.69) is 9.72 Å². The maximum Gasteiger partial charge on any atom is 1.00 e. The molecule has 0 atom stereocenters. The monoisotopic (exact) mass is 269 g/mol. The fourth-order valence-electron chi connectivity index (χ4n) is 0.803. The van der Waals surface area contributed by atoms with E-state index >= 15 is 0 Å². The summed E-state index contributed by atoms with van der Waals surface area (Å²) in [5.41, 5.74) is -1.19. The predicted molar refractivity (Wildman–Crippen MR) is 39.6 cm³/mol. The van der Waals surface area contributed by atoms with E-state index in [0.717, 1.165) is 0 Å². The normalized spacial score (nSPS) is 11.9. The van der Waals surface area contributed by atoms with Crippen LogP contribution in [0.2, 0.25) is 0 Å². The number of aromatic nitrogens is 1. The molecule has 2 nitrogen and oxygen atoms in total. The van der Waals surface area contributed by atoms with Gasteiger partial charge in [-0.1, -0.05) is 6.07 Å². The summed E-state index contributed by atoms with van der Waals surface area (Å²) in [6, 6.07) is 0.775. The summed E-state index contributed by atoms with van der Waals surface area (Å²) >= 11 is 0. The molecule has 1 aromatic rings. The summed E-state index contributed by atoms with van der Waals surface area (Å²) in [4.78, 5) is 3.01. The Morgan fingerprint density at radius 2 is 1.75 bits per heavy atom. The van der Waals surface area contributed by atoms with Gasteiger partial charge in [-0.2, -0.15) is 0 Å². The van der Waals surface area contributed by atoms with Gasteiger partial charge in [-0.15, -0.1) is 18.6 Å². The summed E-state index contributed by atoms with van der Waals surface area (Å²) in [6.45, 7) is -5.36. The third-order valence-electron chi connectivity index (χ3n) is 1.36. The quantitative estimate of drug-likeness (QED) is 0.509. The van der Waals surface area contributed by atoms with Crippen LogP contribution in [0, 0.1) is 0 Å². The van der Waals surface area contributed by atoms with E-state index in [1.807, 2.05) is 0 Å². The molecule has 16 heavy (non-hydrogen) atoms. The molecule has 0 radical (unpaired) electrons. The van der Waals surface area contributed by atoms with E-state index in [1.165, 1.54) is 0 Å². The van der Waals surface area contributed by atoms with Crippen LogP contribution in [-0.2, 0) is 0 Å². The second-order valence-corrected chi connectivity index (χ2v) is 2.55. The van der Waals surface area contributed by atoms with Gasteiger partial charge in [0.1, 0.15) is 0 Å². The Hall–Kier alpha value is 0.231. The van der Waals surface area contributed by atoms with Crippen molar-refractivity contribution in [2.24, 2.45) is 0 Å². The molecule has 0 fully saturated rings. The van der Waals surface area contributed by atoms with Gasteiger partial charge >= 0.3 is 64.7 Å². The van der Waals surface area contributed by atoms with Crippen molar-refractivity contribution >= 4 is 12.4 Å². The van der Waals surface area contributed by atoms with Crippen LogP contribution in [0.3, 0.4) is 0 Å². The fourth-order valence-corrected chi connectivity index (χ4v) is 0.803. The molecule has 0 saturated carbocycles. The van der Waals surface area contributed by atoms with E-state index in [-0.39, 0.29) is 57.5 Å². The first kappa shape index (κ1) is 16.2. The summed E-state index contributed by atoms with van der Waals surface area (Å²) in [6.07, 6.45) is -4.45. The molecule has 84 valence electrons. The number of halogens is 6. The zero-order chi connectivity index (χ0) is 11.7. The minimum Gasteiger partial charge on any atom is -0.445 e. The number of rotatable bonds is 2. The third kappa shape index (κ3) is 5.53. The predicted octanol–water partition coefficient (Wildman–Crippen LogP) is -0.961. The molecule has 0 aliphatic carbocycles. The maximum atomic E-state index is 12.1. The van der Waals surface area contributed by atoms with E-state index in [0.29, 0.717) is 12.3 Å². The molecule has 0 aliphatic heterocycles. The van der Waals surface area contributed by atoms with Crippen molar-refractivity contribution in [2.75, 3.05) is 0 Å². The number of hydrogen-bond acceptors (Lipinski definition) is 2. The molecular formula is C6H3BF6KNO. The smallest absolute Gasteiger partial charge is 0.445 e. The Morgan fingerprint density at radius 3 is 2.19 bits per heavy atom. The number of ether oxygens (including phenoxy) is 1. The van der Waals surface area contributed by atoms with Crippen molar-refractivity contribution in [1.29, 1.82) is 0 Å². The molecule has 1 heterocycles. The number of pyridine rings is 1. The van der Waals surface area contributed by atoms with Gasteiger partial charge in [0.15, 0.2) is 0 Å². The minimum atomic E-state index is -5.36. The van der Waals surface area contributed by atoms with E-state index in [4.69, 9.17) is 0 Å². The van der Waals surface area contributed by atoms with Gasteiger partial charge in [-0.05, 0) is 6.07 Å². The first-order valence-corrected chi connectivity index (χ1v) is 3.60. The zero-order valence-electron chi connectivity index (χ0n) is 7.93. The molecule has 0 spiro atoms. The van der Waals surface area contributed by atoms with Gasteiger partial charge in [0.25, 0.3) is 0 Å². The van der Waals surface area contributed by atoms with E-state index in [9.17, 15) is 26.1 Å². The summed E-state index contributed by atoms with van der Waals surface area (Å²) in [5, 5.41) is 0. The Kier molecular flexibility index (Phi) is 5.80. The van der Waals surface area contributed by atoms with Crippen LogP contribution in [0.1, 0.15) is 0 Å². The fraction of sp³-hybridized carbons (Fsp3) is 0.167. The van der Waals surface area contributed by atoms with E-state index in [1.54, 1.807) is 0 Å². The standard InChI is InChI=1S/C6H3BF6NO.K/c8-6(9,10)15-5-3-4(1-2-14-5)7(11,12)13;/h1-3H;/q-1;+1. The van der Waals surface area contributed by atoms with Crippen molar-refractivity contribution < 1.29 is 82.2 Å². The average Bonchev–Trinajstić information content (AvgIpc) is 1.99. The topological polar surface area (TPSA) is 22.1 Å². The molecule has 0 aromatic carbocycles. The number of hydrogen-bond donors (Lipinski definition) is 0. The van der Waals surface area contributed by atoms with Gasteiger partial charge in [0, 0.05) is 6.20 Å². The van der Waals surface area contributed by atoms with Crippen molar-refractivity contribution in [3.8, 4) is 5.88 Å². The van der Waals surface area contributed by atoms with Gasteiger partial charge in [0.05, 0.1) is 0 Å². The molecule has 10 heteroatoms. The zero-order valence-corrected chi connectivity index (χ0v) is 11.1. The Bertz CT molecular complexity index is 354. The molecule has 0 unspecified atom stereocenters. The third-order valence-corrected chi connectivity index (χ3v) is 1.36. The average molecular weight is 269 g/mol. The molecule has 1 aromatic heterocycles. The molecule has 0 saturated heterocycles. The Labute approximate surface area is 129 Å². The molecule has 0 N–H and O–H groups in total. The van der Waals surface area contributed by atoms with Gasteiger partial charge < -0.3 is 17.7 Å². The van der Waals surface area contributed by atoms with Crippen molar-refractivity contribution in [1.82, 2.24) is 4.98 Å². The van der Waals surface area contributed by atoms with Gasteiger partial charge in [-0.3, -0.25) is 0 Å². The van der Waals surface area contributed by atoms with Crippen LogP contribution >= 0.6 is 0 Å². The van der Waals surface area contributed by atoms with Crippen LogP contribution in [-0.4, -0.2) is 18.3 Å². The second kappa shape index (κ2) is 5.72. The van der Waals surface area contributed by atoms with E-state index < -0.39 is 24.7 Å². The minimum absolute atomic E-state index is 0. The Balaban J connectivity index is 0.00000225. The Morgan fingerprint density at radius 1 is 1.19 bits per heavy atom. The number of alkyl halides is 3. The summed E-state index contributed by atoms with van der Waals surface area (Å²) in [5.74, 6) is -1.13. The maximum absolute atomic E-state index is 12.1. The molecule has 1 rings (SSSR count). The first-order chi connectivity index (χ1) is 6.68. The van der Waals surface area contributed by atoms with Gasteiger partial charge in [-0.25, -0.2) is 4.98 Å². The largest absolute Gasteiger partial charge is 1.00 e. The number of nitrogens with zero attached hydrogens (tertiary/aromatic N) is 1. The molecule has 0 bridgehead atoms. The van der Waals surface area contributed by atoms with Crippen LogP contribution in [0.15, 0.2) is 18.3 Å². The summed E-state index contributed by atoms with van der Waals surface area (Å²) < 4.78 is 74.4. The molecule has 0 amide bonds. The van der Waals surface area contributed by atoms with Crippen LogP contribution < -0.4 is 61.6 Å².